The molecule has 0 saturated heterocycles. The maximum Gasteiger partial charge on any atom is 0.175 e. The summed E-state index contributed by atoms with van der Waals surface area (Å²) in [6, 6.07) is 5.42. The van der Waals surface area contributed by atoms with Crippen molar-refractivity contribution in [3.8, 4) is 5.75 Å². The highest BCUT2D eigenvalue weighted by Gasteiger charge is 2.09. The number of aromatic nitrogens is 2. The molecule has 2 rings (SSSR count). The molecule has 1 heterocycles. The Balaban J connectivity index is 2.06. The maximum absolute atomic E-state index is 10.8. The highest BCUT2D eigenvalue weighted by molar-refractivity contribution is 8.02. The van der Waals surface area contributed by atoms with Crippen LogP contribution in [0.25, 0.3) is 0 Å². The van der Waals surface area contributed by atoms with Gasteiger partial charge in [0, 0.05) is 16.9 Å². The van der Waals surface area contributed by atoms with Crippen LogP contribution in [0.1, 0.15) is 22.8 Å². The van der Waals surface area contributed by atoms with Gasteiger partial charge in [0.15, 0.2) is 8.68 Å². The van der Waals surface area contributed by atoms with Gasteiger partial charge >= 0.3 is 0 Å². The summed E-state index contributed by atoms with van der Waals surface area (Å²) in [6.07, 6.45) is 0.842. The van der Waals surface area contributed by atoms with Gasteiger partial charge in [-0.3, -0.25) is 4.79 Å². The summed E-state index contributed by atoms with van der Waals surface area (Å²) in [5, 5.41) is 8.27. The predicted octanol–water partition coefficient (Wildman–Crippen LogP) is 3.76. The molecule has 0 radical (unpaired) electrons. The van der Waals surface area contributed by atoms with Gasteiger partial charge in [-0.25, -0.2) is 0 Å². The second kappa shape index (κ2) is 7.66. The van der Waals surface area contributed by atoms with Crippen LogP contribution in [0.5, 0.6) is 5.75 Å². The summed E-state index contributed by atoms with van der Waals surface area (Å²) in [7, 11) is 1.63. The summed E-state index contributed by atoms with van der Waals surface area (Å²) in [5.74, 6) is 2.49. The number of hydrogen-bond donors (Lipinski definition) is 0. The summed E-state index contributed by atoms with van der Waals surface area (Å²) in [4.78, 5) is 10.8. The van der Waals surface area contributed by atoms with E-state index in [4.69, 9.17) is 4.74 Å². The van der Waals surface area contributed by atoms with Gasteiger partial charge in [-0.15, -0.1) is 10.2 Å². The molecule has 106 valence electrons. The molecular formula is C13H14N2O2S3. The van der Waals surface area contributed by atoms with Gasteiger partial charge in [0.25, 0.3) is 0 Å². The van der Waals surface area contributed by atoms with E-state index in [0.29, 0.717) is 11.3 Å². The van der Waals surface area contributed by atoms with E-state index in [9.17, 15) is 4.79 Å². The van der Waals surface area contributed by atoms with E-state index >= 15 is 0 Å². The number of nitrogens with zero attached hydrogens (tertiary/aromatic N) is 2. The summed E-state index contributed by atoms with van der Waals surface area (Å²) >= 11 is 4.89. The molecule has 0 fully saturated rings. The summed E-state index contributed by atoms with van der Waals surface area (Å²) < 4.78 is 7.23. The Labute approximate surface area is 130 Å². The van der Waals surface area contributed by atoms with Gasteiger partial charge in [0.1, 0.15) is 12.0 Å². The van der Waals surface area contributed by atoms with Crippen molar-refractivity contribution in [1.82, 2.24) is 10.2 Å². The second-order valence-corrected chi connectivity index (χ2v) is 7.46. The number of aldehydes is 1. The summed E-state index contributed by atoms with van der Waals surface area (Å²) in [6.45, 7) is 2.09. The number of thioether (sulfide) groups is 2. The van der Waals surface area contributed by atoms with Gasteiger partial charge in [-0.1, -0.05) is 41.8 Å². The molecule has 0 atom stereocenters. The standard InChI is InChI=1S/C13H14N2O2S3/c1-3-18-12-14-15-13(20-12)19-8-10-6-9(7-16)4-5-11(10)17-2/h4-7H,3,8H2,1-2H3. The Morgan fingerprint density at radius 1 is 1.30 bits per heavy atom. The first-order valence-corrected chi connectivity index (χ1v) is 8.76. The van der Waals surface area contributed by atoms with Gasteiger partial charge in [0.2, 0.25) is 0 Å². The topological polar surface area (TPSA) is 52.1 Å². The smallest absolute Gasteiger partial charge is 0.175 e. The zero-order valence-corrected chi connectivity index (χ0v) is 13.6. The number of rotatable bonds is 7. The predicted molar refractivity (Wildman–Crippen MR) is 84.2 cm³/mol. The van der Waals surface area contributed by atoms with Crippen molar-refractivity contribution in [1.29, 1.82) is 0 Å². The third kappa shape index (κ3) is 3.97. The zero-order chi connectivity index (χ0) is 14.4. The van der Waals surface area contributed by atoms with Crippen molar-refractivity contribution in [2.45, 2.75) is 21.4 Å². The molecule has 7 heteroatoms. The molecule has 0 N–H and O–H groups in total. The Morgan fingerprint density at radius 2 is 2.05 bits per heavy atom. The van der Waals surface area contributed by atoms with Crippen LogP contribution in [-0.2, 0) is 5.75 Å². The van der Waals surface area contributed by atoms with Crippen LogP contribution in [0.3, 0.4) is 0 Å². The fraction of sp³-hybridized carbons (Fsp3) is 0.308. The molecule has 0 saturated carbocycles. The average molecular weight is 326 g/mol. The maximum atomic E-state index is 10.8. The van der Waals surface area contributed by atoms with E-state index in [1.807, 2.05) is 12.1 Å². The molecule has 0 spiro atoms. The molecular weight excluding hydrogens is 312 g/mol. The minimum atomic E-state index is 0.654. The molecule has 1 aromatic carbocycles. The van der Waals surface area contributed by atoms with Crippen LogP contribution in [0.4, 0.5) is 0 Å². The number of benzene rings is 1. The van der Waals surface area contributed by atoms with E-state index in [1.54, 1.807) is 48.0 Å². The number of carbonyl (C=O) groups is 1. The SMILES string of the molecule is CCSc1nnc(SCc2cc(C=O)ccc2OC)s1. The molecule has 0 aliphatic carbocycles. The van der Waals surface area contributed by atoms with Gasteiger partial charge in [-0.2, -0.15) is 0 Å². The van der Waals surface area contributed by atoms with Crippen LogP contribution < -0.4 is 4.74 Å². The third-order valence-corrected chi connectivity index (χ3v) is 5.57. The molecule has 0 aliphatic heterocycles. The second-order valence-electron chi connectivity index (χ2n) is 3.74. The van der Waals surface area contributed by atoms with E-state index in [2.05, 4.69) is 17.1 Å². The van der Waals surface area contributed by atoms with E-state index < -0.39 is 0 Å². The monoisotopic (exact) mass is 326 g/mol. The Kier molecular flexibility index (Phi) is 5.87. The molecule has 2 aromatic rings. The first-order valence-electron chi connectivity index (χ1n) is 5.98. The molecule has 1 aromatic heterocycles. The number of ether oxygens (including phenoxy) is 1. The van der Waals surface area contributed by atoms with Crippen LogP contribution in [-0.4, -0.2) is 29.3 Å². The lowest BCUT2D eigenvalue weighted by Crippen LogP contribution is -1.92. The average Bonchev–Trinajstić information content (AvgIpc) is 2.93. The number of hydrogen-bond acceptors (Lipinski definition) is 7. The summed E-state index contributed by atoms with van der Waals surface area (Å²) in [5.41, 5.74) is 1.64. The van der Waals surface area contributed by atoms with Gasteiger partial charge < -0.3 is 4.74 Å². The lowest BCUT2D eigenvalue weighted by atomic mass is 10.1. The normalized spacial score (nSPS) is 10.5. The molecule has 0 unspecified atom stereocenters. The van der Waals surface area contributed by atoms with Crippen molar-refractivity contribution < 1.29 is 9.53 Å². The fourth-order valence-electron chi connectivity index (χ4n) is 1.56. The largest absolute Gasteiger partial charge is 0.496 e. The fourth-order valence-corrected chi connectivity index (χ4v) is 4.46. The van der Waals surface area contributed by atoms with Crippen LogP contribution in [0.2, 0.25) is 0 Å². The van der Waals surface area contributed by atoms with Gasteiger partial charge in [-0.05, 0) is 24.0 Å². The molecule has 0 aliphatic rings. The van der Waals surface area contributed by atoms with Crippen LogP contribution in [0, 0.1) is 0 Å². The molecule has 0 bridgehead atoms. The lowest BCUT2D eigenvalue weighted by molar-refractivity contribution is 0.112. The Hall–Kier alpha value is -1.05. The number of methoxy groups -OCH3 is 1. The minimum absolute atomic E-state index is 0.654. The van der Waals surface area contributed by atoms with Crippen molar-refractivity contribution in [2.24, 2.45) is 0 Å². The van der Waals surface area contributed by atoms with E-state index in [-0.39, 0.29) is 0 Å². The van der Waals surface area contributed by atoms with E-state index in [1.165, 1.54) is 0 Å². The molecule has 20 heavy (non-hydrogen) atoms. The Bertz CT molecular complexity index is 587. The van der Waals surface area contributed by atoms with Crippen LogP contribution >= 0.6 is 34.9 Å². The quantitative estimate of drug-likeness (QED) is 0.570. The van der Waals surface area contributed by atoms with Crippen molar-refractivity contribution in [2.75, 3.05) is 12.9 Å². The third-order valence-electron chi connectivity index (χ3n) is 2.45. The van der Waals surface area contributed by atoms with Crippen molar-refractivity contribution in [3.63, 3.8) is 0 Å². The highest BCUT2D eigenvalue weighted by atomic mass is 32.2. The van der Waals surface area contributed by atoms with Gasteiger partial charge in [0.05, 0.1) is 7.11 Å². The molecule has 0 amide bonds. The first kappa shape index (κ1) is 15.3. The zero-order valence-electron chi connectivity index (χ0n) is 11.2. The van der Waals surface area contributed by atoms with Crippen molar-refractivity contribution in [3.05, 3.63) is 29.3 Å². The first-order chi connectivity index (χ1) is 9.76. The van der Waals surface area contributed by atoms with E-state index in [0.717, 1.165) is 32.0 Å². The minimum Gasteiger partial charge on any atom is -0.496 e. The highest BCUT2D eigenvalue weighted by Crippen LogP contribution is 2.32. The van der Waals surface area contributed by atoms with Crippen LogP contribution in [0.15, 0.2) is 26.9 Å². The lowest BCUT2D eigenvalue weighted by Gasteiger charge is -2.07. The number of carbonyl (C=O) groups excluding carboxylic acids is 1. The van der Waals surface area contributed by atoms with Crippen molar-refractivity contribution >= 4 is 41.1 Å². The molecule has 4 nitrogen and oxygen atoms in total. The Morgan fingerprint density at radius 3 is 2.70 bits per heavy atom.